The van der Waals surface area contributed by atoms with E-state index in [9.17, 15) is 4.79 Å². The summed E-state index contributed by atoms with van der Waals surface area (Å²) in [5.41, 5.74) is 1.84. The highest BCUT2D eigenvalue weighted by Crippen LogP contribution is 2.32. The SMILES string of the molecule is COc1ccc([C@H](NC=O)c2ccc(OC)c(OC)c2)cc1. The van der Waals surface area contributed by atoms with Gasteiger partial charge < -0.3 is 19.5 Å². The predicted molar refractivity (Wildman–Crippen MR) is 83.6 cm³/mol. The van der Waals surface area contributed by atoms with Gasteiger partial charge in [0.1, 0.15) is 5.75 Å². The molecule has 0 saturated carbocycles. The van der Waals surface area contributed by atoms with Crippen LogP contribution in [-0.4, -0.2) is 27.7 Å². The number of benzene rings is 2. The fourth-order valence-electron chi connectivity index (χ4n) is 2.28. The second-order valence-corrected chi connectivity index (χ2v) is 4.61. The molecule has 1 amide bonds. The molecule has 0 unspecified atom stereocenters. The molecule has 22 heavy (non-hydrogen) atoms. The highest BCUT2D eigenvalue weighted by molar-refractivity contribution is 5.53. The van der Waals surface area contributed by atoms with E-state index in [0.29, 0.717) is 17.9 Å². The number of hydrogen-bond acceptors (Lipinski definition) is 4. The van der Waals surface area contributed by atoms with Crippen molar-refractivity contribution < 1.29 is 19.0 Å². The van der Waals surface area contributed by atoms with Crippen LogP contribution in [0.2, 0.25) is 0 Å². The number of rotatable bonds is 7. The van der Waals surface area contributed by atoms with E-state index < -0.39 is 0 Å². The number of nitrogens with one attached hydrogen (secondary N) is 1. The van der Waals surface area contributed by atoms with Gasteiger partial charge in [0, 0.05) is 0 Å². The Morgan fingerprint density at radius 1 is 0.864 bits per heavy atom. The van der Waals surface area contributed by atoms with E-state index in [1.165, 1.54) is 0 Å². The molecule has 0 aromatic heterocycles. The first-order valence-corrected chi connectivity index (χ1v) is 6.79. The summed E-state index contributed by atoms with van der Waals surface area (Å²) in [7, 11) is 4.78. The molecule has 0 heterocycles. The largest absolute Gasteiger partial charge is 0.497 e. The van der Waals surface area contributed by atoms with E-state index in [1.54, 1.807) is 21.3 Å². The van der Waals surface area contributed by atoms with E-state index in [1.807, 2.05) is 42.5 Å². The van der Waals surface area contributed by atoms with Crippen molar-refractivity contribution in [3.05, 3.63) is 53.6 Å². The summed E-state index contributed by atoms with van der Waals surface area (Å²) in [6.45, 7) is 0. The summed E-state index contributed by atoms with van der Waals surface area (Å²) in [5.74, 6) is 2.03. The first kappa shape index (κ1) is 15.7. The number of carbonyl (C=O) groups is 1. The number of hydrogen-bond donors (Lipinski definition) is 1. The van der Waals surface area contributed by atoms with Gasteiger partial charge in [-0.15, -0.1) is 0 Å². The molecule has 0 fully saturated rings. The van der Waals surface area contributed by atoms with Gasteiger partial charge in [-0.25, -0.2) is 0 Å². The standard InChI is InChI=1S/C17H19NO4/c1-20-14-7-4-12(5-8-14)17(18-11-19)13-6-9-15(21-2)16(10-13)22-3/h4-11,17H,1-3H3,(H,18,19)/t17-/m0/s1. The molecule has 0 radical (unpaired) electrons. The van der Waals surface area contributed by atoms with E-state index in [-0.39, 0.29) is 6.04 Å². The van der Waals surface area contributed by atoms with E-state index >= 15 is 0 Å². The normalized spacial score (nSPS) is 11.4. The lowest BCUT2D eigenvalue weighted by atomic mass is 9.98. The van der Waals surface area contributed by atoms with Gasteiger partial charge in [0.25, 0.3) is 0 Å². The molecule has 0 aliphatic rings. The number of carbonyl (C=O) groups excluding carboxylic acids is 1. The highest BCUT2D eigenvalue weighted by atomic mass is 16.5. The summed E-state index contributed by atoms with van der Waals surface area (Å²) >= 11 is 0. The van der Waals surface area contributed by atoms with Gasteiger partial charge in [0.2, 0.25) is 6.41 Å². The van der Waals surface area contributed by atoms with Crippen molar-refractivity contribution in [3.8, 4) is 17.2 Å². The van der Waals surface area contributed by atoms with E-state index in [4.69, 9.17) is 14.2 Å². The van der Waals surface area contributed by atoms with Crippen molar-refractivity contribution in [2.24, 2.45) is 0 Å². The lowest BCUT2D eigenvalue weighted by Crippen LogP contribution is -2.20. The Bertz CT molecular complexity index is 625. The molecule has 2 rings (SSSR count). The maximum Gasteiger partial charge on any atom is 0.207 e. The lowest BCUT2D eigenvalue weighted by molar-refractivity contribution is -0.110. The highest BCUT2D eigenvalue weighted by Gasteiger charge is 2.16. The van der Waals surface area contributed by atoms with Gasteiger partial charge in [0.15, 0.2) is 11.5 Å². The Hall–Kier alpha value is -2.69. The van der Waals surface area contributed by atoms with Gasteiger partial charge in [-0.1, -0.05) is 18.2 Å². The van der Waals surface area contributed by atoms with Crippen LogP contribution in [0.1, 0.15) is 17.2 Å². The van der Waals surface area contributed by atoms with Crippen LogP contribution in [0.3, 0.4) is 0 Å². The van der Waals surface area contributed by atoms with Crippen molar-refractivity contribution in [3.63, 3.8) is 0 Å². The monoisotopic (exact) mass is 301 g/mol. The third kappa shape index (κ3) is 3.31. The molecule has 5 nitrogen and oxygen atoms in total. The minimum absolute atomic E-state index is 0.275. The molecule has 1 atom stereocenters. The molecule has 2 aromatic rings. The minimum atomic E-state index is -0.275. The first-order valence-electron chi connectivity index (χ1n) is 6.79. The molecular weight excluding hydrogens is 282 g/mol. The van der Waals surface area contributed by atoms with Crippen molar-refractivity contribution in [1.29, 1.82) is 0 Å². The third-order valence-corrected chi connectivity index (χ3v) is 3.42. The summed E-state index contributed by atoms with van der Waals surface area (Å²) in [5, 5.41) is 2.82. The zero-order chi connectivity index (χ0) is 15.9. The van der Waals surface area contributed by atoms with Crippen molar-refractivity contribution in [2.45, 2.75) is 6.04 Å². The van der Waals surface area contributed by atoms with Crippen LogP contribution >= 0.6 is 0 Å². The second-order valence-electron chi connectivity index (χ2n) is 4.61. The molecule has 0 saturated heterocycles. The number of ether oxygens (including phenoxy) is 3. The smallest absolute Gasteiger partial charge is 0.207 e. The Balaban J connectivity index is 2.40. The van der Waals surface area contributed by atoms with Gasteiger partial charge in [-0.05, 0) is 35.4 Å². The molecule has 1 N–H and O–H groups in total. The zero-order valence-electron chi connectivity index (χ0n) is 12.8. The van der Waals surface area contributed by atoms with Crippen molar-refractivity contribution >= 4 is 6.41 Å². The number of methoxy groups -OCH3 is 3. The lowest BCUT2D eigenvalue weighted by Gasteiger charge is -2.19. The summed E-state index contributed by atoms with van der Waals surface area (Å²) < 4.78 is 15.7. The van der Waals surface area contributed by atoms with Crippen LogP contribution in [0.25, 0.3) is 0 Å². The molecule has 5 heteroatoms. The van der Waals surface area contributed by atoms with Crippen LogP contribution in [0.4, 0.5) is 0 Å². The van der Waals surface area contributed by atoms with Crippen molar-refractivity contribution in [1.82, 2.24) is 5.32 Å². The van der Waals surface area contributed by atoms with E-state index in [2.05, 4.69) is 5.32 Å². The fraction of sp³-hybridized carbons (Fsp3) is 0.235. The quantitative estimate of drug-likeness (QED) is 0.799. The molecule has 0 bridgehead atoms. The minimum Gasteiger partial charge on any atom is -0.497 e. The topological polar surface area (TPSA) is 56.8 Å². The van der Waals surface area contributed by atoms with Crippen LogP contribution in [0.5, 0.6) is 17.2 Å². The zero-order valence-corrected chi connectivity index (χ0v) is 12.8. The number of amides is 1. The maximum atomic E-state index is 11.0. The molecule has 2 aromatic carbocycles. The molecule has 0 aliphatic heterocycles. The van der Waals surface area contributed by atoms with Gasteiger partial charge in [0.05, 0.1) is 27.4 Å². The van der Waals surface area contributed by atoms with Crippen LogP contribution < -0.4 is 19.5 Å². The second kappa shape index (κ2) is 7.36. The summed E-state index contributed by atoms with van der Waals surface area (Å²) in [6, 6.07) is 12.8. The maximum absolute atomic E-state index is 11.0. The van der Waals surface area contributed by atoms with Gasteiger partial charge in [-0.3, -0.25) is 4.79 Å². The Morgan fingerprint density at radius 2 is 1.50 bits per heavy atom. The summed E-state index contributed by atoms with van der Waals surface area (Å²) in [6.07, 6.45) is 0.686. The Kier molecular flexibility index (Phi) is 5.25. The van der Waals surface area contributed by atoms with Crippen LogP contribution in [-0.2, 0) is 4.79 Å². The van der Waals surface area contributed by atoms with E-state index in [0.717, 1.165) is 16.9 Å². The molecule has 116 valence electrons. The van der Waals surface area contributed by atoms with Gasteiger partial charge >= 0.3 is 0 Å². The molecular formula is C17H19NO4. The molecule has 0 spiro atoms. The third-order valence-electron chi connectivity index (χ3n) is 3.42. The fourth-order valence-corrected chi connectivity index (χ4v) is 2.28. The van der Waals surface area contributed by atoms with Crippen molar-refractivity contribution in [2.75, 3.05) is 21.3 Å². The Morgan fingerprint density at radius 3 is 2.05 bits per heavy atom. The first-order chi connectivity index (χ1) is 10.7. The predicted octanol–water partition coefficient (Wildman–Crippen LogP) is 2.55. The average Bonchev–Trinajstić information content (AvgIpc) is 2.59. The summed E-state index contributed by atoms with van der Waals surface area (Å²) in [4.78, 5) is 11.0. The Labute approximate surface area is 129 Å². The van der Waals surface area contributed by atoms with Crippen LogP contribution in [0.15, 0.2) is 42.5 Å². The van der Waals surface area contributed by atoms with Crippen LogP contribution in [0, 0.1) is 0 Å². The molecule has 0 aliphatic carbocycles. The average molecular weight is 301 g/mol. The van der Waals surface area contributed by atoms with Gasteiger partial charge in [-0.2, -0.15) is 0 Å².